The van der Waals surface area contributed by atoms with Crippen LogP contribution in [0.3, 0.4) is 0 Å². The van der Waals surface area contributed by atoms with E-state index < -0.39 is 5.97 Å². The summed E-state index contributed by atoms with van der Waals surface area (Å²) in [4.78, 5) is 29.5. The summed E-state index contributed by atoms with van der Waals surface area (Å²) in [5.74, 6) is -0.552. The molecular formula is C20H20N4O3. The molecule has 0 bridgehead atoms. The average Bonchev–Trinajstić information content (AvgIpc) is 3.05. The summed E-state index contributed by atoms with van der Waals surface area (Å²) in [6, 6.07) is 13.3. The second kappa shape index (κ2) is 8.18. The molecule has 7 nitrogen and oxygen atoms in total. The largest absolute Gasteiger partial charge is 0.478 e. The number of hydrogen-bond donors (Lipinski definition) is 4. The van der Waals surface area contributed by atoms with Gasteiger partial charge < -0.3 is 21.1 Å². The molecule has 1 heterocycles. The first-order valence-corrected chi connectivity index (χ1v) is 8.51. The Kier molecular flexibility index (Phi) is 5.51. The molecule has 0 saturated heterocycles. The van der Waals surface area contributed by atoms with E-state index in [0.717, 1.165) is 39.7 Å². The number of carboxylic acids is 1. The number of fused-ring (bicyclic) bond motifs is 1. The maximum absolute atomic E-state index is 10.9. The van der Waals surface area contributed by atoms with Crippen LogP contribution < -0.4 is 11.1 Å². The van der Waals surface area contributed by atoms with Gasteiger partial charge in [-0.25, -0.2) is 9.78 Å². The lowest BCUT2D eigenvalue weighted by Gasteiger charge is -2.07. The number of imidazole rings is 1. The number of carbonyl (C=O) groups is 2. The predicted molar refractivity (Wildman–Crippen MR) is 104 cm³/mol. The molecule has 0 aliphatic carbocycles. The van der Waals surface area contributed by atoms with Gasteiger partial charge >= 0.3 is 5.97 Å². The van der Waals surface area contributed by atoms with Crippen LogP contribution in [0.25, 0.3) is 17.1 Å². The minimum absolute atomic E-state index is 0.314. The Labute approximate surface area is 155 Å². The van der Waals surface area contributed by atoms with Gasteiger partial charge in [-0.15, -0.1) is 0 Å². The molecule has 0 radical (unpaired) electrons. The summed E-state index contributed by atoms with van der Waals surface area (Å²) < 4.78 is 0. The Morgan fingerprint density at radius 1 is 1.22 bits per heavy atom. The zero-order chi connectivity index (χ0) is 19.2. The van der Waals surface area contributed by atoms with Gasteiger partial charge in [0.05, 0.1) is 17.6 Å². The Morgan fingerprint density at radius 3 is 2.81 bits per heavy atom. The summed E-state index contributed by atoms with van der Waals surface area (Å²) in [5, 5.41) is 12.1. The van der Waals surface area contributed by atoms with E-state index in [1.165, 1.54) is 0 Å². The van der Waals surface area contributed by atoms with Crippen molar-refractivity contribution in [2.24, 2.45) is 5.73 Å². The van der Waals surface area contributed by atoms with Gasteiger partial charge in [-0.05, 0) is 41.8 Å². The minimum Gasteiger partial charge on any atom is -0.478 e. The molecule has 2 aromatic carbocycles. The fraction of sp³-hybridized carbons (Fsp3) is 0.150. The minimum atomic E-state index is -0.991. The predicted octanol–water partition coefficient (Wildman–Crippen LogP) is 2.69. The van der Waals surface area contributed by atoms with Crippen molar-refractivity contribution in [3.8, 4) is 0 Å². The number of aryl methyl sites for hydroxylation is 1. The van der Waals surface area contributed by atoms with E-state index in [4.69, 9.17) is 10.8 Å². The van der Waals surface area contributed by atoms with E-state index >= 15 is 0 Å². The first-order valence-electron chi connectivity index (χ1n) is 8.51. The molecule has 3 rings (SSSR count). The SMILES string of the molecule is NC(=O)CCc1ccc2nc(CNc3ccccc3C=CC(=O)O)[nH]c2c1. The van der Waals surface area contributed by atoms with E-state index in [9.17, 15) is 9.59 Å². The molecule has 5 N–H and O–H groups in total. The number of amides is 1. The number of H-pyrrole nitrogens is 1. The van der Waals surface area contributed by atoms with Gasteiger partial charge in [0.25, 0.3) is 0 Å². The zero-order valence-electron chi connectivity index (χ0n) is 14.6. The molecule has 0 saturated carbocycles. The number of benzene rings is 2. The fourth-order valence-electron chi connectivity index (χ4n) is 2.76. The molecule has 0 aliphatic rings. The number of nitrogens with zero attached hydrogens (tertiary/aromatic N) is 1. The molecule has 0 fully saturated rings. The number of nitrogens with two attached hydrogens (primary N) is 1. The monoisotopic (exact) mass is 364 g/mol. The number of aromatic amines is 1. The van der Waals surface area contributed by atoms with Crippen molar-refractivity contribution in [1.82, 2.24) is 9.97 Å². The highest BCUT2D eigenvalue weighted by molar-refractivity contribution is 5.86. The van der Waals surface area contributed by atoms with Crippen LogP contribution in [0.2, 0.25) is 0 Å². The van der Waals surface area contributed by atoms with E-state index in [2.05, 4.69) is 15.3 Å². The van der Waals surface area contributed by atoms with Crippen molar-refractivity contribution in [2.75, 3.05) is 5.32 Å². The average molecular weight is 364 g/mol. The van der Waals surface area contributed by atoms with Crippen LogP contribution in [-0.2, 0) is 22.6 Å². The highest BCUT2D eigenvalue weighted by Crippen LogP contribution is 2.19. The lowest BCUT2D eigenvalue weighted by molar-refractivity contribution is -0.131. The van der Waals surface area contributed by atoms with E-state index in [1.807, 2.05) is 42.5 Å². The number of carboxylic acid groups (broad SMARTS) is 1. The number of para-hydroxylation sites is 1. The zero-order valence-corrected chi connectivity index (χ0v) is 14.6. The first-order chi connectivity index (χ1) is 13.0. The van der Waals surface area contributed by atoms with Crippen LogP contribution in [-0.4, -0.2) is 27.0 Å². The number of hydrogen-bond acceptors (Lipinski definition) is 4. The van der Waals surface area contributed by atoms with E-state index in [0.29, 0.717) is 19.4 Å². The van der Waals surface area contributed by atoms with Crippen LogP contribution in [0.4, 0.5) is 5.69 Å². The van der Waals surface area contributed by atoms with Crippen molar-refractivity contribution in [2.45, 2.75) is 19.4 Å². The second-order valence-electron chi connectivity index (χ2n) is 6.11. The third-order valence-corrected chi connectivity index (χ3v) is 4.07. The number of anilines is 1. The van der Waals surface area contributed by atoms with E-state index in [1.54, 1.807) is 6.08 Å². The molecular weight excluding hydrogens is 344 g/mol. The quantitative estimate of drug-likeness (QED) is 0.458. The van der Waals surface area contributed by atoms with Crippen LogP contribution in [0, 0.1) is 0 Å². The fourth-order valence-corrected chi connectivity index (χ4v) is 2.76. The molecule has 3 aromatic rings. The highest BCUT2D eigenvalue weighted by atomic mass is 16.4. The summed E-state index contributed by atoms with van der Waals surface area (Å²) in [6.07, 6.45) is 3.57. The standard InChI is InChI=1S/C20H20N4O3/c21-18(25)9-6-13-5-8-16-17(11-13)24-19(23-16)12-22-15-4-2-1-3-14(15)7-10-20(26)27/h1-5,7-8,10-11,22H,6,9,12H2,(H2,21,25)(H,23,24)(H,26,27). The van der Waals surface area contributed by atoms with Crippen molar-refractivity contribution in [3.63, 3.8) is 0 Å². The topological polar surface area (TPSA) is 121 Å². The van der Waals surface area contributed by atoms with Crippen molar-refractivity contribution in [1.29, 1.82) is 0 Å². The van der Waals surface area contributed by atoms with Crippen LogP contribution in [0.5, 0.6) is 0 Å². The third-order valence-electron chi connectivity index (χ3n) is 4.07. The van der Waals surface area contributed by atoms with Gasteiger partial charge in [0.2, 0.25) is 5.91 Å². The summed E-state index contributed by atoms with van der Waals surface area (Å²) >= 11 is 0. The Morgan fingerprint density at radius 2 is 2.04 bits per heavy atom. The number of primary amides is 1. The van der Waals surface area contributed by atoms with Crippen molar-refractivity contribution < 1.29 is 14.7 Å². The van der Waals surface area contributed by atoms with Gasteiger partial charge in [-0.3, -0.25) is 4.79 Å². The first kappa shape index (κ1) is 18.2. The number of aromatic nitrogens is 2. The Bertz CT molecular complexity index is 1010. The maximum Gasteiger partial charge on any atom is 0.328 e. The van der Waals surface area contributed by atoms with Gasteiger partial charge in [0.1, 0.15) is 5.82 Å². The highest BCUT2D eigenvalue weighted by Gasteiger charge is 2.06. The summed E-state index contributed by atoms with van der Waals surface area (Å²) in [6.45, 7) is 0.462. The van der Waals surface area contributed by atoms with Crippen LogP contribution in [0.15, 0.2) is 48.5 Å². The molecule has 0 aliphatic heterocycles. The molecule has 7 heteroatoms. The summed E-state index contributed by atoms with van der Waals surface area (Å²) in [5.41, 5.74) is 9.56. The Hall–Kier alpha value is -3.61. The number of nitrogens with one attached hydrogen (secondary N) is 2. The van der Waals surface area contributed by atoms with Crippen molar-refractivity contribution in [3.05, 3.63) is 65.5 Å². The second-order valence-corrected chi connectivity index (χ2v) is 6.11. The number of carbonyl (C=O) groups excluding carboxylic acids is 1. The third kappa shape index (κ3) is 4.94. The summed E-state index contributed by atoms with van der Waals surface area (Å²) in [7, 11) is 0. The lowest BCUT2D eigenvalue weighted by Crippen LogP contribution is -2.11. The Balaban J connectivity index is 1.72. The van der Waals surface area contributed by atoms with Gasteiger partial charge in [-0.1, -0.05) is 24.3 Å². The van der Waals surface area contributed by atoms with Gasteiger partial charge in [-0.2, -0.15) is 0 Å². The molecule has 0 atom stereocenters. The molecule has 138 valence electrons. The maximum atomic E-state index is 10.9. The van der Waals surface area contributed by atoms with Gasteiger partial charge in [0, 0.05) is 18.2 Å². The van der Waals surface area contributed by atoms with Crippen LogP contribution in [0.1, 0.15) is 23.4 Å². The smallest absolute Gasteiger partial charge is 0.328 e. The molecule has 1 aromatic heterocycles. The molecule has 1 amide bonds. The van der Waals surface area contributed by atoms with Crippen molar-refractivity contribution >= 4 is 34.7 Å². The van der Waals surface area contributed by atoms with E-state index in [-0.39, 0.29) is 5.91 Å². The number of rotatable bonds is 8. The molecule has 27 heavy (non-hydrogen) atoms. The van der Waals surface area contributed by atoms with Gasteiger partial charge in [0.15, 0.2) is 0 Å². The number of aliphatic carboxylic acids is 1. The molecule has 0 unspecified atom stereocenters. The lowest BCUT2D eigenvalue weighted by atomic mass is 10.1. The molecule has 0 spiro atoms. The normalized spacial score (nSPS) is 11.1. The van der Waals surface area contributed by atoms with Crippen LogP contribution >= 0.6 is 0 Å².